The fourth-order valence-corrected chi connectivity index (χ4v) is 1.36. The second-order valence-electron chi connectivity index (χ2n) is 2.96. The van der Waals surface area contributed by atoms with Gasteiger partial charge in [-0.1, -0.05) is 0 Å². The van der Waals surface area contributed by atoms with Crippen molar-refractivity contribution in [1.29, 1.82) is 0 Å². The molecule has 1 aromatic rings. The fraction of sp³-hybridized carbons (Fsp3) is 0.625. The molecular weight excluding hydrogens is 154 g/mol. The molecule has 1 rings (SSSR count). The van der Waals surface area contributed by atoms with E-state index >= 15 is 0 Å². The Balaban J connectivity index is 2.85. The van der Waals surface area contributed by atoms with Gasteiger partial charge in [0.05, 0.1) is 11.9 Å². The minimum absolute atomic E-state index is 0.109. The predicted molar refractivity (Wildman–Crippen MR) is 46.6 cm³/mol. The summed E-state index contributed by atoms with van der Waals surface area (Å²) in [6.45, 7) is 2.09. The number of nitrogens with two attached hydrogens (primary N) is 1. The molecule has 68 valence electrons. The van der Waals surface area contributed by atoms with Crippen LogP contribution in [0.25, 0.3) is 0 Å². The van der Waals surface area contributed by atoms with Gasteiger partial charge in [-0.2, -0.15) is 5.10 Å². The maximum absolute atomic E-state index is 8.71. The summed E-state index contributed by atoms with van der Waals surface area (Å²) in [6.07, 6.45) is 2.37. The highest BCUT2D eigenvalue weighted by molar-refractivity contribution is 5.18. The van der Waals surface area contributed by atoms with Crippen molar-refractivity contribution in [1.82, 2.24) is 9.78 Å². The van der Waals surface area contributed by atoms with E-state index in [4.69, 9.17) is 10.8 Å². The predicted octanol–water partition coefficient (Wildman–Crippen LogP) is 0.111. The molecule has 4 nitrogen and oxygen atoms in total. The highest BCUT2D eigenvalue weighted by atomic mass is 16.3. The van der Waals surface area contributed by atoms with Gasteiger partial charge in [-0.05, 0) is 18.9 Å². The molecule has 1 atom stereocenters. The Morgan fingerprint density at radius 3 is 2.83 bits per heavy atom. The van der Waals surface area contributed by atoms with E-state index in [0.717, 1.165) is 11.3 Å². The van der Waals surface area contributed by atoms with Crippen LogP contribution in [0.2, 0.25) is 0 Å². The number of nitrogens with zero attached hydrogens (tertiary/aromatic N) is 2. The van der Waals surface area contributed by atoms with E-state index in [2.05, 4.69) is 5.10 Å². The number of aliphatic hydroxyl groups excluding tert-OH is 1. The second-order valence-corrected chi connectivity index (χ2v) is 2.96. The van der Waals surface area contributed by atoms with E-state index in [-0.39, 0.29) is 12.6 Å². The Kier molecular flexibility index (Phi) is 2.83. The molecule has 0 saturated heterocycles. The Morgan fingerprint density at radius 1 is 1.75 bits per heavy atom. The average molecular weight is 169 g/mol. The van der Waals surface area contributed by atoms with Crippen LogP contribution in [-0.4, -0.2) is 21.5 Å². The van der Waals surface area contributed by atoms with Crippen molar-refractivity contribution in [3.63, 3.8) is 0 Å². The number of aromatic nitrogens is 2. The van der Waals surface area contributed by atoms with Crippen LogP contribution >= 0.6 is 0 Å². The normalized spacial score (nSPS) is 13.3. The summed E-state index contributed by atoms with van der Waals surface area (Å²) in [7, 11) is 1.86. The third-order valence-corrected chi connectivity index (χ3v) is 1.97. The van der Waals surface area contributed by atoms with Crippen LogP contribution in [0.1, 0.15) is 23.7 Å². The molecule has 0 aliphatic heterocycles. The van der Waals surface area contributed by atoms with Crippen LogP contribution in [0.5, 0.6) is 0 Å². The maximum Gasteiger partial charge on any atom is 0.0578 e. The molecule has 1 heterocycles. The molecule has 4 heteroatoms. The van der Waals surface area contributed by atoms with Crippen molar-refractivity contribution in [2.75, 3.05) is 6.61 Å². The van der Waals surface area contributed by atoms with Crippen molar-refractivity contribution < 1.29 is 5.11 Å². The SMILES string of the molecule is Cc1cnn(C)c1[C@@H](N)CCO. The zero-order valence-electron chi connectivity index (χ0n) is 7.49. The van der Waals surface area contributed by atoms with Gasteiger partial charge in [-0.25, -0.2) is 0 Å². The van der Waals surface area contributed by atoms with Crippen molar-refractivity contribution in [2.45, 2.75) is 19.4 Å². The number of hydrogen-bond acceptors (Lipinski definition) is 3. The minimum Gasteiger partial charge on any atom is -0.396 e. The summed E-state index contributed by atoms with van der Waals surface area (Å²) in [6, 6.07) is -0.109. The Morgan fingerprint density at radius 2 is 2.42 bits per heavy atom. The van der Waals surface area contributed by atoms with E-state index in [1.807, 2.05) is 14.0 Å². The molecule has 0 amide bonds. The van der Waals surface area contributed by atoms with Crippen LogP contribution in [0.15, 0.2) is 6.20 Å². The second kappa shape index (κ2) is 3.69. The van der Waals surface area contributed by atoms with Crippen LogP contribution in [0, 0.1) is 6.92 Å². The van der Waals surface area contributed by atoms with Gasteiger partial charge in [-0.15, -0.1) is 0 Å². The first kappa shape index (κ1) is 9.22. The third kappa shape index (κ3) is 1.65. The van der Waals surface area contributed by atoms with Gasteiger partial charge in [0.15, 0.2) is 0 Å². The lowest BCUT2D eigenvalue weighted by molar-refractivity contribution is 0.274. The minimum atomic E-state index is -0.109. The van der Waals surface area contributed by atoms with E-state index < -0.39 is 0 Å². The zero-order chi connectivity index (χ0) is 9.14. The van der Waals surface area contributed by atoms with Gasteiger partial charge in [0, 0.05) is 19.7 Å². The Labute approximate surface area is 72.0 Å². The summed E-state index contributed by atoms with van der Waals surface area (Å²) in [4.78, 5) is 0. The largest absolute Gasteiger partial charge is 0.396 e. The number of aryl methyl sites for hydroxylation is 2. The maximum atomic E-state index is 8.71. The number of rotatable bonds is 3. The van der Waals surface area contributed by atoms with Gasteiger partial charge in [-0.3, -0.25) is 4.68 Å². The number of aliphatic hydroxyl groups is 1. The highest BCUT2D eigenvalue weighted by Crippen LogP contribution is 2.16. The number of hydrogen-bond donors (Lipinski definition) is 2. The highest BCUT2D eigenvalue weighted by Gasteiger charge is 2.12. The molecule has 0 aliphatic carbocycles. The first-order chi connectivity index (χ1) is 5.66. The smallest absolute Gasteiger partial charge is 0.0578 e. The molecule has 0 radical (unpaired) electrons. The van der Waals surface area contributed by atoms with Gasteiger partial charge in [0.1, 0.15) is 0 Å². The Bertz CT molecular complexity index is 237. The van der Waals surface area contributed by atoms with Crippen LogP contribution in [0.3, 0.4) is 0 Å². The van der Waals surface area contributed by atoms with Crippen molar-refractivity contribution in [3.05, 3.63) is 17.5 Å². The third-order valence-electron chi connectivity index (χ3n) is 1.97. The fourth-order valence-electron chi connectivity index (χ4n) is 1.36. The van der Waals surface area contributed by atoms with E-state index in [9.17, 15) is 0 Å². The van der Waals surface area contributed by atoms with Crippen molar-refractivity contribution >= 4 is 0 Å². The molecule has 0 bridgehead atoms. The lowest BCUT2D eigenvalue weighted by atomic mass is 10.1. The monoisotopic (exact) mass is 169 g/mol. The molecular formula is C8H15N3O. The molecule has 0 unspecified atom stereocenters. The molecule has 12 heavy (non-hydrogen) atoms. The van der Waals surface area contributed by atoms with E-state index in [1.165, 1.54) is 0 Å². The standard InChI is InChI=1S/C8H15N3O/c1-6-5-10-11(2)8(6)7(9)3-4-12/h5,7,12H,3-4,9H2,1-2H3/t7-/m0/s1. The van der Waals surface area contributed by atoms with Crippen molar-refractivity contribution in [3.8, 4) is 0 Å². The summed E-state index contributed by atoms with van der Waals surface area (Å²) >= 11 is 0. The van der Waals surface area contributed by atoms with Crippen LogP contribution in [-0.2, 0) is 7.05 Å². The molecule has 0 saturated carbocycles. The Hall–Kier alpha value is -0.870. The van der Waals surface area contributed by atoms with Gasteiger partial charge in [0.25, 0.3) is 0 Å². The topological polar surface area (TPSA) is 64.1 Å². The lowest BCUT2D eigenvalue weighted by Gasteiger charge is -2.11. The molecule has 3 N–H and O–H groups in total. The average Bonchev–Trinajstić information content (AvgIpc) is 2.32. The summed E-state index contributed by atoms with van der Waals surface area (Å²) in [5.41, 5.74) is 7.92. The first-order valence-corrected chi connectivity index (χ1v) is 4.01. The molecule has 0 spiro atoms. The molecule has 0 aromatic carbocycles. The lowest BCUT2D eigenvalue weighted by Crippen LogP contribution is -2.16. The first-order valence-electron chi connectivity index (χ1n) is 4.01. The van der Waals surface area contributed by atoms with E-state index in [0.29, 0.717) is 6.42 Å². The molecule has 1 aromatic heterocycles. The quantitative estimate of drug-likeness (QED) is 0.675. The summed E-state index contributed by atoms with van der Waals surface area (Å²) in [5.74, 6) is 0. The van der Waals surface area contributed by atoms with E-state index in [1.54, 1.807) is 10.9 Å². The van der Waals surface area contributed by atoms with Crippen LogP contribution in [0.4, 0.5) is 0 Å². The molecule has 0 fully saturated rings. The van der Waals surface area contributed by atoms with Gasteiger partial charge < -0.3 is 10.8 Å². The van der Waals surface area contributed by atoms with Crippen molar-refractivity contribution in [2.24, 2.45) is 12.8 Å². The zero-order valence-corrected chi connectivity index (χ0v) is 7.49. The van der Waals surface area contributed by atoms with Gasteiger partial charge >= 0.3 is 0 Å². The summed E-state index contributed by atoms with van der Waals surface area (Å²) < 4.78 is 1.76. The van der Waals surface area contributed by atoms with Crippen LogP contribution < -0.4 is 5.73 Å². The summed E-state index contributed by atoms with van der Waals surface area (Å²) in [5, 5.41) is 12.8. The molecule has 0 aliphatic rings. The van der Waals surface area contributed by atoms with Gasteiger partial charge in [0.2, 0.25) is 0 Å².